The number of halogens is 1. The van der Waals surface area contributed by atoms with Crippen molar-refractivity contribution in [3.05, 3.63) is 82.3 Å². The van der Waals surface area contributed by atoms with Gasteiger partial charge >= 0.3 is 5.97 Å². The lowest BCUT2D eigenvalue weighted by Gasteiger charge is -2.08. The standard InChI is InChI=1S/C20H15BrN4O4/c1-28-16-5-2-13(3-6-16)20(27)29-18-7-4-15(21)10-14(18)11-24-25-19(26)17-12-22-8-9-23-17/h2-12H,1H3,(H,25,26)/b24-11+. The first kappa shape index (κ1) is 20.2. The van der Waals surface area contributed by atoms with Gasteiger partial charge in [0.25, 0.3) is 5.91 Å². The molecule has 3 rings (SSSR count). The lowest BCUT2D eigenvalue weighted by atomic mass is 10.2. The molecule has 0 aliphatic carbocycles. The Kier molecular flexibility index (Phi) is 6.64. The number of esters is 1. The first-order valence-corrected chi connectivity index (χ1v) is 9.11. The molecule has 2 aromatic carbocycles. The Labute approximate surface area is 174 Å². The smallest absolute Gasteiger partial charge is 0.343 e. The molecule has 0 unspecified atom stereocenters. The van der Waals surface area contributed by atoms with Gasteiger partial charge in [-0.25, -0.2) is 15.2 Å². The molecule has 0 saturated heterocycles. The van der Waals surface area contributed by atoms with Gasteiger partial charge in [-0.1, -0.05) is 15.9 Å². The van der Waals surface area contributed by atoms with E-state index in [2.05, 4.69) is 36.4 Å². The van der Waals surface area contributed by atoms with Gasteiger partial charge in [-0.15, -0.1) is 0 Å². The molecule has 0 radical (unpaired) electrons. The maximum atomic E-state index is 12.4. The van der Waals surface area contributed by atoms with E-state index in [1.54, 1.807) is 49.6 Å². The van der Waals surface area contributed by atoms with E-state index in [-0.39, 0.29) is 11.4 Å². The van der Waals surface area contributed by atoms with Crippen molar-refractivity contribution in [2.24, 2.45) is 5.10 Å². The van der Waals surface area contributed by atoms with Gasteiger partial charge in [-0.2, -0.15) is 5.10 Å². The number of amides is 1. The van der Waals surface area contributed by atoms with Gasteiger partial charge < -0.3 is 9.47 Å². The quantitative estimate of drug-likeness (QED) is 0.265. The fourth-order valence-corrected chi connectivity index (χ4v) is 2.61. The number of methoxy groups -OCH3 is 1. The molecule has 146 valence electrons. The molecule has 3 aromatic rings. The van der Waals surface area contributed by atoms with Crippen LogP contribution in [0.1, 0.15) is 26.4 Å². The summed E-state index contributed by atoms with van der Waals surface area (Å²) in [5.74, 6) is -0.127. The molecule has 0 bridgehead atoms. The van der Waals surface area contributed by atoms with Gasteiger partial charge in [-0.3, -0.25) is 9.78 Å². The van der Waals surface area contributed by atoms with Crippen LogP contribution in [0.5, 0.6) is 11.5 Å². The second-order valence-corrected chi connectivity index (χ2v) is 6.51. The molecule has 9 heteroatoms. The molecule has 8 nitrogen and oxygen atoms in total. The Morgan fingerprint density at radius 3 is 2.62 bits per heavy atom. The number of rotatable bonds is 6. The molecule has 1 N–H and O–H groups in total. The largest absolute Gasteiger partial charge is 0.497 e. The highest BCUT2D eigenvalue weighted by atomic mass is 79.9. The summed E-state index contributed by atoms with van der Waals surface area (Å²) >= 11 is 3.36. The van der Waals surface area contributed by atoms with Crippen LogP contribution in [0.4, 0.5) is 0 Å². The molecule has 0 saturated carbocycles. The van der Waals surface area contributed by atoms with Crippen LogP contribution >= 0.6 is 15.9 Å². The van der Waals surface area contributed by atoms with Gasteiger partial charge in [0, 0.05) is 22.4 Å². The molecule has 1 aromatic heterocycles. The Morgan fingerprint density at radius 2 is 1.93 bits per heavy atom. The number of hydrazone groups is 1. The monoisotopic (exact) mass is 454 g/mol. The van der Waals surface area contributed by atoms with Crippen LogP contribution in [-0.2, 0) is 0 Å². The molecule has 0 atom stereocenters. The number of benzene rings is 2. The van der Waals surface area contributed by atoms with Gasteiger partial charge in [0.1, 0.15) is 17.2 Å². The molecule has 0 aliphatic rings. The number of hydrogen-bond acceptors (Lipinski definition) is 7. The SMILES string of the molecule is COc1ccc(C(=O)Oc2ccc(Br)cc2/C=N/NC(=O)c2cnccn2)cc1. The Hall–Kier alpha value is -3.59. The first-order valence-electron chi connectivity index (χ1n) is 8.32. The van der Waals surface area contributed by atoms with E-state index >= 15 is 0 Å². The molecule has 0 aliphatic heterocycles. The fourth-order valence-electron chi connectivity index (χ4n) is 2.23. The summed E-state index contributed by atoms with van der Waals surface area (Å²) in [5, 5.41) is 3.90. The average molecular weight is 455 g/mol. The Balaban J connectivity index is 1.73. The molecule has 1 amide bonds. The highest BCUT2D eigenvalue weighted by molar-refractivity contribution is 9.10. The predicted octanol–water partition coefficient (Wildman–Crippen LogP) is 3.23. The number of hydrogen-bond donors (Lipinski definition) is 1. The number of ether oxygens (including phenoxy) is 2. The highest BCUT2D eigenvalue weighted by Gasteiger charge is 2.12. The maximum absolute atomic E-state index is 12.4. The topological polar surface area (TPSA) is 103 Å². The molecule has 29 heavy (non-hydrogen) atoms. The van der Waals surface area contributed by atoms with Crippen molar-refractivity contribution in [2.75, 3.05) is 7.11 Å². The zero-order chi connectivity index (χ0) is 20.6. The summed E-state index contributed by atoms with van der Waals surface area (Å²) in [6.07, 6.45) is 5.57. The zero-order valence-corrected chi connectivity index (χ0v) is 16.8. The van der Waals surface area contributed by atoms with Gasteiger partial charge in [0.2, 0.25) is 0 Å². The van der Waals surface area contributed by atoms with Crippen molar-refractivity contribution in [1.82, 2.24) is 15.4 Å². The van der Waals surface area contributed by atoms with Crippen molar-refractivity contribution in [3.8, 4) is 11.5 Å². The molecular weight excluding hydrogens is 440 g/mol. The average Bonchev–Trinajstić information content (AvgIpc) is 2.76. The maximum Gasteiger partial charge on any atom is 0.343 e. The van der Waals surface area contributed by atoms with E-state index in [0.29, 0.717) is 16.9 Å². The predicted molar refractivity (Wildman–Crippen MR) is 109 cm³/mol. The number of nitrogens with zero attached hydrogens (tertiary/aromatic N) is 3. The minimum Gasteiger partial charge on any atom is -0.497 e. The van der Waals surface area contributed by atoms with Crippen LogP contribution in [0.3, 0.4) is 0 Å². The number of carbonyl (C=O) groups is 2. The van der Waals surface area contributed by atoms with Crippen LogP contribution in [-0.4, -0.2) is 35.2 Å². The zero-order valence-electron chi connectivity index (χ0n) is 15.2. The normalized spacial score (nSPS) is 10.6. The molecular formula is C20H15BrN4O4. The lowest BCUT2D eigenvalue weighted by molar-refractivity contribution is 0.0734. The summed E-state index contributed by atoms with van der Waals surface area (Å²) in [7, 11) is 1.55. The first-order chi connectivity index (χ1) is 14.1. The summed E-state index contributed by atoms with van der Waals surface area (Å²) < 4.78 is 11.3. The highest BCUT2D eigenvalue weighted by Crippen LogP contribution is 2.23. The van der Waals surface area contributed by atoms with E-state index in [9.17, 15) is 9.59 Å². The second-order valence-electron chi connectivity index (χ2n) is 5.59. The van der Waals surface area contributed by atoms with Crippen LogP contribution < -0.4 is 14.9 Å². The Bertz CT molecular complexity index is 1040. The third-order valence-corrected chi connectivity index (χ3v) is 4.16. The summed E-state index contributed by atoms with van der Waals surface area (Å²) in [6, 6.07) is 11.6. The van der Waals surface area contributed by atoms with E-state index in [4.69, 9.17) is 9.47 Å². The van der Waals surface area contributed by atoms with Crippen LogP contribution in [0.15, 0.2) is 70.6 Å². The van der Waals surface area contributed by atoms with Crippen molar-refractivity contribution in [2.45, 2.75) is 0 Å². The summed E-state index contributed by atoms with van der Waals surface area (Å²) in [4.78, 5) is 32.1. The van der Waals surface area contributed by atoms with Crippen molar-refractivity contribution < 1.29 is 19.1 Å². The van der Waals surface area contributed by atoms with Crippen LogP contribution in [0.25, 0.3) is 0 Å². The van der Waals surface area contributed by atoms with E-state index in [1.165, 1.54) is 24.8 Å². The van der Waals surface area contributed by atoms with Crippen molar-refractivity contribution in [3.63, 3.8) is 0 Å². The van der Waals surface area contributed by atoms with Crippen molar-refractivity contribution in [1.29, 1.82) is 0 Å². The van der Waals surface area contributed by atoms with E-state index < -0.39 is 11.9 Å². The van der Waals surface area contributed by atoms with Gasteiger partial charge in [0.15, 0.2) is 0 Å². The fraction of sp³-hybridized carbons (Fsp3) is 0.0500. The number of nitrogens with one attached hydrogen (secondary N) is 1. The minimum atomic E-state index is -0.534. The van der Waals surface area contributed by atoms with E-state index in [0.717, 1.165) is 4.47 Å². The van der Waals surface area contributed by atoms with Gasteiger partial charge in [-0.05, 0) is 42.5 Å². The molecule has 1 heterocycles. The lowest BCUT2D eigenvalue weighted by Crippen LogP contribution is -2.19. The summed E-state index contributed by atoms with van der Waals surface area (Å²) in [5.41, 5.74) is 3.33. The van der Waals surface area contributed by atoms with Crippen LogP contribution in [0.2, 0.25) is 0 Å². The van der Waals surface area contributed by atoms with Gasteiger partial charge in [0.05, 0.1) is 25.1 Å². The van der Waals surface area contributed by atoms with E-state index in [1.807, 2.05) is 0 Å². The third kappa shape index (κ3) is 5.45. The minimum absolute atomic E-state index is 0.130. The Morgan fingerprint density at radius 1 is 1.14 bits per heavy atom. The summed E-state index contributed by atoms with van der Waals surface area (Å²) in [6.45, 7) is 0. The number of carbonyl (C=O) groups excluding carboxylic acids is 2. The van der Waals surface area contributed by atoms with Crippen LogP contribution in [0, 0.1) is 0 Å². The number of aromatic nitrogens is 2. The third-order valence-electron chi connectivity index (χ3n) is 3.67. The molecule has 0 spiro atoms. The second kappa shape index (κ2) is 9.56. The van der Waals surface area contributed by atoms with Crippen molar-refractivity contribution >= 4 is 34.0 Å². The molecule has 0 fully saturated rings.